The Kier molecular flexibility index (Phi) is 3.46. The van der Waals surface area contributed by atoms with Crippen LogP contribution in [0.3, 0.4) is 0 Å². The average Bonchev–Trinajstić information content (AvgIpc) is 3.04. The first-order chi connectivity index (χ1) is 11.5. The first-order valence-electron chi connectivity index (χ1n) is 7.74. The number of rotatable bonds is 2. The number of fused-ring (bicyclic) bond motifs is 3. The van der Waals surface area contributed by atoms with Gasteiger partial charge < -0.3 is 10.4 Å². The molecule has 0 bridgehead atoms. The summed E-state index contributed by atoms with van der Waals surface area (Å²) in [6, 6.07) is 9.70. The second-order valence-electron chi connectivity index (χ2n) is 6.21. The molecular formula is C18H15ClN2O3. The zero-order chi connectivity index (χ0) is 16.8. The Balaban J connectivity index is 1.81. The number of nitro benzene ring substituents is 1. The molecule has 3 unspecified atom stereocenters. The zero-order valence-corrected chi connectivity index (χ0v) is 13.4. The first kappa shape index (κ1) is 15.0. The summed E-state index contributed by atoms with van der Waals surface area (Å²) in [5.41, 5.74) is 2.75. The van der Waals surface area contributed by atoms with Gasteiger partial charge in [0.15, 0.2) is 0 Å². The van der Waals surface area contributed by atoms with Gasteiger partial charge in [0, 0.05) is 34.3 Å². The summed E-state index contributed by atoms with van der Waals surface area (Å²) in [7, 11) is 0. The van der Waals surface area contributed by atoms with Crippen LogP contribution in [0.25, 0.3) is 0 Å². The van der Waals surface area contributed by atoms with E-state index in [1.165, 1.54) is 6.07 Å². The van der Waals surface area contributed by atoms with E-state index in [1.54, 1.807) is 24.3 Å². The van der Waals surface area contributed by atoms with Gasteiger partial charge in [-0.05, 0) is 42.2 Å². The quantitative estimate of drug-likeness (QED) is 0.356. The van der Waals surface area contributed by atoms with E-state index >= 15 is 0 Å². The Morgan fingerprint density at radius 2 is 2.04 bits per heavy atom. The van der Waals surface area contributed by atoms with Gasteiger partial charge in [0.1, 0.15) is 5.75 Å². The molecule has 2 aliphatic rings. The molecule has 0 spiro atoms. The van der Waals surface area contributed by atoms with Crippen molar-refractivity contribution in [2.45, 2.75) is 18.4 Å². The van der Waals surface area contributed by atoms with Gasteiger partial charge in [0.05, 0.1) is 11.0 Å². The van der Waals surface area contributed by atoms with Crippen molar-refractivity contribution in [3.05, 3.63) is 74.8 Å². The van der Waals surface area contributed by atoms with E-state index in [4.69, 9.17) is 11.6 Å². The number of nitrogens with zero attached hydrogens (tertiary/aromatic N) is 1. The Labute approximate surface area is 143 Å². The maximum absolute atomic E-state index is 11.1. The van der Waals surface area contributed by atoms with Crippen molar-refractivity contribution >= 4 is 23.0 Å². The van der Waals surface area contributed by atoms with Crippen LogP contribution in [0.15, 0.2) is 48.6 Å². The number of nitro groups is 1. The number of nitrogens with one attached hydrogen (secondary N) is 1. The molecule has 1 heterocycles. The minimum absolute atomic E-state index is 0.0372. The molecular weight excluding hydrogens is 328 g/mol. The lowest BCUT2D eigenvalue weighted by Gasteiger charge is -2.37. The molecule has 2 aromatic carbocycles. The fraction of sp³-hybridized carbons (Fsp3) is 0.222. The van der Waals surface area contributed by atoms with Gasteiger partial charge in [0.2, 0.25) is 0 Å². The summed E-state index contributed by atoms with van der Waals surface area (Å²) in [4.78, 5) is 10.7. The molecule has 6 heteroatoms. The number of phenols is 1. The molecule has 24 heavy (non-hydrogen) atoms. The van der Waals surface area contributed by atoms with Gasteiger partial charge in [-0.15, -0.1) is 0 Å². The smallest absolute Gasteiger partial charge is 0.269 e. The van der Waals surface area contributed by atoms with Gasteiger partial charge in [-0.1, -0.05) is 23.8 Å². The molecule has 2 N–H and O–H groups in total. The van der Waals surface area contributed by atoms with Crippen LogP contribution < -0.4 is 5.32 Å². The van der Waals surface area contributed by atoms with Crippen molar-refractivity contribution in [3.63, 3.8) is 0 Å². The highest BCUT2D eigenvalue weighted by molar-refractivity contribution is 6.31. The summed E-state index contributed by atoms with van der Waals surface area (Å²) < 4.78 is 0. The largest absolute Gasteiger partial charge is 0.508 e. The Morgan fingerprint density at radius 1 is 1.21 bits per heavy atom. The normalized spacial score (nSPS) is 24.1. The van der Waals surface area contributed by atoms with Crippen molar-refractivity contribution in [3.8, 4) is 5.75 Å². The number of aromatic hydroxyl groups is 1. The SMILES string of the molecule is O=[N+]([O-])c1ccc(Cl)c(C2Nc3ccc(O)cc3C3C=CCC32)c1. The Hall–Kier alpha value is -2.53. The Bertz CT molecular complexity index is 865. The maximum Gasteiger partial charge on any atom is 0.269 e. The minimum atomic E-state index is -0.404. The van der Waals surface area contributed by atoms with Gasteiger partial charge in [-0.25, -0.2) is 0 Å². The van der Waals surface area contributed by atoms with Crippen LogP contribution in [0, 0.1) is 16.0 Å². The van der Waals surface area contributed by atoms with Gasteiger partial charge in [-0.2, -0.15) is 0 Å². The number of anilines is 1. The molecule has 0 saturated heterocycles. The van der Waals surface area contributed by atoms with Crippen LogP contribution in [0.4, 0.5) is 11.4 Å². The second-order valence-corrected chi connectivity index (χ2v) is 6.62. The maximum atomic E-state index is 11.1. The lowest BCUT2D eigenvalue weighted by atomic mass is 9.77. The van der Waals surface area contributed by atoms with Crippen LogP contribution in [-0.2, 0) is 0 Å². The lowest BCUT2D eigenvalue weighted by molar-refractivity contribution is -0.384. The van der Waals surface area contributed by atoms with Crippen LogP contribution in [0.2, 0.25) is 5.02 Å². The van der Waals surface area contributed by atoms with Crippen molar-refractivity contribution in [2.24, 2.45) is 5.92 Å². The molecule has 1 aliphatic carbocycles. The van der Waals surface area contributed by atoms with Crippen molar-refractivity contribution in [1.82, 2.24) is 0 Å². The van der Waals surface area contributed by atoms with E-state index in [-0.39, 0.29) is 29.3 Å². The van der Waals surface area contributed by atoms with E-state index < -0.39 is 4.92 Å². The van der Waals surface area contributed by atoms with Gasteiger partial charge in [-0.3, -0.25) is 10.1 Å². The fourth-order valence-electron chi connectivity index (χ4n) is 3.77. The lowest BCUT2D eigenvalue weighted by Crippen LogP contribution is -2.29. The predicted octanol–water partition coefficient (Wildman–Crippen LogP) is 4.78. The molecule has 0 fully saturated rings. The summed E-state index contributed by atoms with van der Waals surface area (Å²) >= 11 is 6.35. The fourth-order valence-corrected chi connectivity index (χ4v) is 4.01. The van der Waals surface area contributed by atoms with E-state index in [0.29, 0.717) is 5.02 Å². The average molecular weight is 343 g/mol. The number of halogens is 1. The Morgan fingerprint density at radius 3 is 2.83 bits per heavy atom. The molecule has 122 valence electrons. The molecule has 0 aromatic heterocycles. The van der Waals surface area contributed by atoms with Crippen molar-refractivity contribution in [1.29, 1.82) is 0 Å². The predicted molar refractivity (Wildman–Crippen MR) is 92.6 cm³/mol. The summed E-state index contributed by atoms with van der Waals surface area (Å²) in [5.74, 6) is 0.605. The number of phenolic OH excluding ortho intramolecular Hbond substituents is 1. The summed E-state index contributed by atoms with van der Waals surface area (Å²) in [6.45, 7) is 0. The standard InChI is InChI=1S/C18H15ClN2O3/c19-16-6-4-10(21(23)24)8-15(16)18-13-3-1-2-12(13)14-9-11(22)5-7-17(14)20-18/h1-2,4-9,12-13,18,20,22H,3H2. The number of allylic oxidation sites excluding steroid dienone is 2. The van der Waals surface area contributed by atoms with E-state index in [9.17, 15) is 15.2 Å². The number of benzene rings is 2. The van der Waals surface area contributed by atoms with Crippen LogP contribution >= 0.6 is 11.6 Å². The van der Waals surface area contributed by atoms with E-state index in [1.807, 2.05) is 6.07 Å². The van der Waals surface area contributed by atoms with Crippen LogP contribution in [-0.4, -0.2) is 10.0 Å². The molecule has 0 saturated carbocycles. The third-order valence-corrected chi connectivity index (χ3v) is 5.22. The highest BCUT2D eigenvalue weighted by atomic mass is 35.5. The molecule has 5 nitrogen and oxygen atoms in total. The zero-order valence-electron chi connectivity index (χ0n) is 12.6. The summed E-state index contributed by atoms with van der Waals surface area (Å²) in [6.07, 6.45) is 5.12. The highest BCUT2D eigenvalue weighted by Crippen LogP contribution is 2.51. The number of non-ortho nitro benzene ring substituents is 1. The molecule has 1 aliphatic heterocycles. The third kappa shape index (κ3) is 2.32. The van der Waals surface area contributed by atoms with Gasteiger partial charge >= 0.3 is 0 Å². The molecule has 0 amide bonds. The topological polar surface area (TPSA) is 75.4 Å². The molecule has 3 atom stereocenters. The highest BCUT2D eigenvalue weighted by Gasteiger charge is 2.39. The van der Waals surface area contributed by atoms with E-state index in [2.05, 4.69) is 17.5 Å². The van der Waals surface area contributed by atoms with E-state index in [0.717, 1.165) is 23.2 Å². The third-order valence-electron chi connectivity index (χ3n) is 4.87. The molecule has 4 rings (SSSR count). The van der Waals surface area contributed by atoms with Crippen molar-refractivity contribution in [2.75, 3.05) is 5.32 Å². The van der Waals surface area contributed by atoms with Crippen molar-refractivity contribution < 1.29 is 10.0 Å². The molecule has 2 aromatic rings. The van der Waals surface area contributed by atoms with Crippen LogP contribution in [0.1, 0.15) is 29.5 Å². The molecule has 0 radical (unpaired) electrons. The minimum Gasteiger partial charge on any atom is -0.508 e. The second kappa shape index (κ2) is 5.53. The van der Waals surface area contributed by atoms with Gasteiger partial charge in [0.25, 0.3) is 5.69 Å². The number of hydrogen-bond acceptors (Lipinski definition) is 4. The number of hydrogen-bond donors (Lipinski definition) is 2. The first-order valence-corrected chi connectivity index (χ1v) is 8.12. The van der Waals surface area contributed by atoms with Crippen LogP contribution in [0.5, 0.6) is 5.75 Å². The summed E-state index contributed by atoms with van der Waals surface area (Å²) in [5, 5.41) is 24.9. The monoisotopic (exact) mass is 342 g/mol.